The van der Waals surface area contributed by atoms with Crippen LogP contribution in [0.3, 0.4) is 0 Å². The molecule has 0 radical (unpaired) electrons. The van der Waals surface area contributed by atoms with E-state index < -0.39 is 0 Å². The van der Waals surface area contributed by atoms with Crippen molar-refractivity contribution in [3.63, 3.8) is 0 Å². The number of morpholine rings is 1. The molecule has 1 aliphatic heterocycles. The second kappa shape index (κ2) is 5.66. The topological polar surface area (TPSA) is 97.1 Å². The van der Waals surface area contributed by atoms with Crippen molar-refractivity contribution in [1.82, 2.24) is 25.2 Å². The highest BCUT2D eigenvalue weighted by molar-refractivity contribution is 5.92. The zero-order chi connectivity index (χ0) is 17.0. The van der Waals surface area contributed by atoms with E-state index in [1.54, 1.807) is 4.90 Å². The first-order chi connectivity index (χ1) is 12.2. The molecule has 3 heterocycles. The largest absolute Gasteiger partial charge is 0.374 e. The third-order valence-electron chi connectivity index (χ3n) is 5.24. The Balaban J connectivity index is 1.42. The van der Waals surface area contributed by atoms with Crippen molar-refractivity contribution >= 4 is 5.91 Å². The first-order valence-electron chi connectivity index (χ1n) is 9.02. The van der Waals surface area contributed by atoms with E-state index in [1.807, 2.05) is 13.0 Å². The average molecular weight is 343 g/mol. The van der Waals surface area contributed by atoms with Crippen molar-refractivity contribution in [2.24, 2.45) is 0 Å². The van der Waals surface area contributed by atoms with Crippen LogP contribution in [0.4, 0.5) is 0 Å². The monoisotopic (exact) mass is 343 g/mol. The maximum absolute atomic E-state index is 13.0. The van der Waals surface area contributed by atoms with Gasteiger partial charge in [0.05, 0.1) is 12.7 Å². The molecule has 0 bridgehead atoms. The zero-order valence-corrected chi connectivity index (χ0v) is 14.1. The van der Waals surface area contributed by atoms with Gasteiger partial charge >= 0.3 is 0 Å². The molecule has 2 saturated carbocycles. The van der Waals surface area contributed by atoms with Gasteiger partial charge in [-0.25, -0.2) is 0 Å². The molecular weight excluding hydrogens is 322 g/mol. The van der Waals surface area contributed by atoms with Crippen molar-refractivity contribution in [1.29, 1.82) is 0 Å². The van der Waals surface area contributed by atoms with Gasteiger partial charge in [-0.05, 0) is 38.7 Å². The minimum absolute atomic E-state index is 0.116. The molecule has 8 heteroatoms. The molecule has 0 unspecified atom stereocenters. The molecule has 8 nitrogen and oxygen atoms in total. The Labute approximate surface area is 144 Å². The van der Waals surface area contributed by atoms with E-state index >= 15 is 0 Å². The van der Waals surface area contributed by atoms with Gasteiger partial charge in [-0.15, -0.1) is 0 Å². The molecule has 2 atom stereocenters. The van der Waals surface area contributed by atoms with E-state index in [9.17, 15) is 4.79 Å². The fourth-order valence-electron chi connectivity index (χ4n) is 3.45. The van der Waals surface area contributed by atoms with Crippen LogP contribution in [0.15, 0.2) is 10.6 Å². The number of nitrogens with zero attached hydrogens (tertiary/aromatic N) is 4. The van der Waals surface area contributed by atoms with Crippen LogP contribution in [0, 0.1) is 0 Å². The summed E-state index contributed by atoms with van der Waals surface area (Å²) in [6.07, 6.45) is 4.34. The van der Waals surface area contributed by atoms with Crippen molar-refractivity contribution in [3.05, 3.63) is 29.2 Å². The lowest BCUT2D eigenvalue weighted by Gasteiger charge is -2.37. The number of nitrogens with one attached hydrogen (secondary N) is 1. The number of aromatic amines is 1. The third-order valence-corrected chi connectivity index (χ3v) is 5.24. The molecule has 1 saturated heterocycles. The standard InChI is InChI=1S/C17H21N5O3/c1-9-14(16-18-15(21-25-16)11-4-5-11)22(6-7-24-9)17(23)13-8-12(19-20-13)10-2-3-10/h8-11,14H,2-7H2,1H3,(H,19,20)/t9-,14+/m1/s1. The normalized spacial score (nSPS) is 26.8. The summed E-state index contributed by atoms with van der Waals surface area (Å²) < 4.78 is 11.2. The Hall–Kier alpha value is -2.22. The van der Waals surface area contributed by atoms with Gasteiger partial charge in [-0.3, -0.25) is 9.89 Å². The average Bonchev–Trinajstić information content (AvgIpc) is 3.55. The van der Waals surface area contributed by atoms with E-state index in [2.05, 4.69) is 20.3 Å². The lowest BCUT2D eigenvalue weighted by molar-refractivity contribution is -0.0602. The maximum atomic E-state index is 13.0. The van der Waals surface area contributed by atoms with Crippen LogP contribution in [-0.4, -0.2) is 50.4 Å². The molecule has 132 valence electrons. The summed E-state index contributed by atoms with van der Waals surface area (Å²) in [5.74, 6) is 2.03. The van der Waals surface area contributed by atoms with Gasteiger partial charge in [0.1, 0.15) is 11.7 Å². The van der Waals surface area contributed by atoms with Crippen LogP contribution in [0.25, 0.3) is 0 Å². The van der Waals surface area contributed by atoms with Crippen molar-refractivity contribution in [2.75, 3.05) is 13.2 Å². The second-order valence-corrected chi connectivity index (χ2v) is 7.27. The maximum Gasteiger partial charge on any atom is 0.275 e. The van der Waals surface area contributed by atoms with Gasteiger partial charge in [0.25, 0.3) is 11.8 Å². The molecule has 25 heavy (non-hydrogen) atoms. The van der Waals surface area contributed by atoms with Crippen molar-refractivity contribution < 1.29 is 14.1 Å². The molecule has 3 fully saturated rings. The summed E-state index contributed by atoms with van der Waals surface area (Å²) in [5.41, 5.74) is 1.50. The van der Waals surface area contributed by atoms with E-state index in [4.69, 9.17) is 9.26 Å². The Morgan fingerprint density at radius 3 is 2.84 bits per heavy atom. The fourth-order valence-corrected chi connectivity index (χ4v) is 3.45. The number of H-pyrrole nitrogens is 1. The summed E-state index contributed by atoms with van der Waals surface area (Å²) in [7, 11) is 0. The summed E-state index contributed by atoms with van der Waals surface area (Å²) >= 11 is 0. The van der Waals surface area contributed by atoms with E-state index in [0.717, 1.165) is 24.4 Å². The first-order valence-corrected chi connectivity index (χ1v) is 9.02. The molecular formula is C17H21N5O3. The Kier molecular flexibility index (Phi) is 3.41. The highest BCUT2D eigenvalue weighted by Gasteiger charge is 2.40. The molecule has 2 aliphatic carbocycles. The van der Waals surface area contributed by atoms with E-state index in [-0.39, 0.29) is 18.1 Å². The Morgan fingerprint density at radius 1 is 1.28 bits per heavy atom. The lowest BCUT2D eigenvalue weighted by atomic mass is 10.1. The summed E-state index contributed by atoms with van der Waals surface area (Å²) in [6.45, 7) is 2.92. The third kappa shape index (κ3) is 2.74. The summed E-state index contributed by atoms with van der Waals surface area (Å²) in [5, 5.41) is 11.3. The van der Waals surface area contributed by atoms with Crippen LogP contribution < -0.4 is 0 Å². The van der Waals surface area contributed by atoms with Crippen LogP contribution in [0.1, 0.15) is 78.4 Å². The minimum Gasteiger partial charge on any atom is -0.374 e. The van der Waals surface area contributed by atoms with Crippen LogP contribution in [-0.2, 0) is 4.74 Å². The number of rotatable bonds is 4. The molecule has 1 N–H and O–H groups in total. The Morgan fingerprint density at radius 2 is 2.08 bits per heavy atom. The molecule has 2 aromatic rings. The SMILES string of the molecule is C[C@H]1OCCN(C(=O)c2cc(C3CC3)[nH]n2)[C@@H]1c1nc(C2CC2)no1. The highest BCUT2D eigenvalue weighted by Crippen LogP contribution is 2.40. The van der Waals surface area contributed by atoms with Crippen LogP contribution in [0.5, 0.6) is 0 Å². The van der Waals surface area contributed by atoms with Gasteiger partial charge in [0.15, 0.2) is 5.82 Å². The molecule has 5 rings (SSSR count). The van der Waals surface area contributed by atoms with Crippen molar-refractivity contribution in [3.8, 4) is 0 Å². The van der Waals surface area contributed by atoms with Gasteiger partial charge in [-0.2, -0.15) is 10.1 Å². The molecule has 2 aromatic heterocycles. The van der Waals surface area contributed by atoms with Gasteiger partial charge in [0.2, 0.25) is 0 Å². The van der Waals surface area contributed by atoms with Gasteiger partial charge in [0, 0.05) is 24.1 Å². The quantitative estimate of drug-likeness (QED) is 0.913. The van der Waals surface area contributed by atoms with E-state index in [1.165, 1.54) is 12.8 Å². The highest BCUT2D eigenvalue weighted by atomic mass is 16.5. The fraction of sp³-hybridized carbons (Fsp3) is 0.647. The molecule has 0 spiro atoms. The number of aromatic nitrogens is 4. The van der Waals surface area contributed by atoms with Gasteiger partial charge in [-0.1, -0.05) is 5.16 Å². The Bertz CT molecular complexity index is 792. The second-order valence-electron chi connectivity index (χ2n) is 7.27. The number of hydrogen-bond acceptors (Lipinski definition) is 6. The number of carbonyl (C=O) groups excluding carboxylic acids is 1. The first kappa shape index (κ1) is 15.1. The summed E-state index contributed by atoms with van der Waals surface area (Å²) in [6, 6.07) is 1.50. The van der Waals surface area contributed by atoms with Gasteiger partial charge < -0.3 is 14.2 Å². The van der Waals surface area contributed by atoms with E-state index in [0.29, 0.717) is 36.6 Å². The number of ether oxygens (including phenoxy) is 1. The number of amides is 1. The number of hydrogen-bond donors (Lipinski definition) is 1. The predicted molar refractivity (Wildman–Crippen MR) is 86.0 cm³/mol. The molecule has 3 aliphatic rings. The molecule has 1 amide bonds. The lowest BCUT2D eigenvalue weighted by Crippen LogP contribution is -2.47. The predicted octanol–water partition coefficient (Wildman–Crippen LogP) is 2.15. The zero-order valence-electron chi connectivity index (χ0n) is 14.1. The van der Waals surface area contributed by atoms with Crippen LogP contribution in [0.2, 0.25) is 0 Å². The summed E-state index contributed by atoms with van der Waals surface area (Å²) in [4.78, 5) is 19.3. The minimum atomic E-state index is -0.373. The smallest absolute Gasteiger partial charge is 0.275 e. The molecule has 0 aromatic carbocycles. The number of carbonyl (C=O) groups is 1. The van der Waals surface area contributed by atoms with Crippen molar-refractivity contribution in [2.45, 2.75) is 56.6 Å². The van der Waals surface area contributed by atoms with Crippen LogP contribution >= 0.6 is 0 Å².